The summed E-state index contributed by atoms with van der Waals surface area (Å²) in [4.78, 5) is 12.4. The fraction of sp³-hybridized carbons (Fsp3) is 0.111. The molecule has 1 aliphatic rings. The van der Waals surface area contributed by atoms with Gasteiger partial charge in [-0.1, -0.05) is 36.4 Å². The first kappa shape index (κ1) is 13.1. The lowest BCUT2D eigenvalue weighted by Gasteiger charge is -2.19. The maximum atomic E-state index is 12.4. The minimum absolute atomic E-state index is 0.209. The molecular weight excluding hydrogens is 262 g/mol. The number of hydrogen-bond acceptors (Lipinski definition) is 3. The highest BCUT2D eigenvalue weighted by Gasteiger charge is 2.17. The zero-order valence-corrected chi connectivity index (χ0v) is 11.4. The third-order valence-electron chi connectivity index (χ3n) is 3.49. The maximum absolute atomic E-state index is 12.4. The van der Waals surface area contributed by atoms with Crippen LogP contribution in [0.15, 0.2) is 54.6 Å². The summed E-state index contributed by atoms with van der Waals surface area (Å²) in [6, 6.07) is 16.7. The Morgan fingerprint density at radius 1 is 1.14 bits per heavy atom. The van der Waals surface area contributed by atoms with Crippen LogP contribution in [-0.4, -0.2) is 12.4 Å². The number of benzene rings is 2. The van der Waals surface area contributed by atoms with Crippen LogP contribution in [0, 0.1) is 11.3 Å². The molecule has 2 aromatic rings. The largest absolute Gasteiger partial charge is 0.492 e. The summed E-state index contributed by atoms with van der Waals surface area (Å²) in [5.41, 5.74) is 2.91. The molecule has 0 aromatic heterocycles. The molecule has 0 radical (unpaired) electrons. The van der Waals surface area contributed by atoms with E-state index in [0.29, 0.717) is 23.5 Å². The molecule has 1 aliphatic heterocycles. The van der Waals surface area contributed by atoms with Gasteiger partial charge in [-0.05, 0) is 17.7 Å². The van der Waals surface area contributed by atoms with E-state index in [-0.39, 0.29) is 5.78 Å². The van der Waals surface area contributed by atoms with Gasteiger partial charge in [-0.25, -0.2) is 0 Å². The van der Waals surface area contributed by atoms with Gasteiger partial charge in [-0.3, -0.25) is 4.79 Å². The van der Waals surface area contributed by atoms with Crippen LogP contribution in [0.3, 0.4) is 0 Å². The van der Waals surface area contributed by atoms with Crippen LogP contribution >= 0.6 is 0 Å². The highest BCUT2D eigenvalue weighted by molar-refractivity contribution is 6.09. The van der Waals surface area contributed by atoms with Gasteiger partial charge in [-0.15, -0.1) is 0 Å². The SMILES string of the molecule is N#Cc1ccccc1C(=O)/C=C1\OCCc2ccccc21. The molecule has 0 N–H and O–H groups in total. The number of fused-ring (bicyclic) bond motifs is 1. The average Bonchev–Trinajstić information content (AvgIpc) is 2.55. The van der Waals surface area contributed by atoms with E-state index in [0.717, 1.165) is 12.0 Å². The molecule has 0 saturated carbocycles. The lowest BCUT2D eigenvalue weighted by Crippen LogP contribution is -2.10. The van der Waals surface area contributed by atoms with Gasteiger partial charge >= 0.3 is 0 Å². The van der Waals surface area contributed by atoms with Gasteiger partial charge in [0.15, 0.2) is 5.78 Å². The van der Waals surface area contributed by atoms with Gasteiger partial charge in [0.05, 0.1) is 18.2 Å². The first-order chi connectivity index (χ1) is 10.3. The summed E-state index contributed by atoms with van der Waals surface area (Å²) in [7, 11) is 0. The van der Waals surface area contributed by atoms with Crippen molar-refractivity contribution >= 4 is 11.5 Å². The van der Waals surface area contributed by atoms with E-state index in [1.165, 1.54) is 11.6 Å². The summed E-state index contributed by atoms with van der Waals surface area (Å²) < 4.78 is 5.63. The van der Waals surface area contributed by atoms with E-state index in [1.807, 2.05) is 30.3 Å². The molecule has 1 heterocycles. The minimum atomic E-state index is -0.209. The van der Waals surface area contributed by atoms with Crippen molar-refractivity contribution in [1.82, 2.24) is 0 Å². The zero-order valence-electron chi connectivity index (χ0n) is 11.4. The number of carbonyl (C=O) groups is 1. The van der Waals surface area contributed by atoms with Crippen LogP contribution in [0.1, 0.15) is 27.0 Å². The molecule has 0 amide bonds. The normalized spacial score (nSPS) is 14.9. The smallest absolute Gasteiger partial charge is 0.190 e. The molecule has 0 atom stereocenters. The number of nitriles is 1. The number of ether oxygens (including phenoxy) is 1. The molecule has 0 saturated heterocycles. The van der Waals surface area contributed by atoms with E-state index < -0.39 is 0 Å². The summed E-state index contributed by atoms with van der Waals surface area (Å²) in [6.45, 7) is 0.565. The van der Waals surface area contributed by atoms with Crippen LogP contribution in [-0.2, 0) is 11.2 Å². The predicted octanol–water partition coefficient (Wildman–Crippen LogP) is 3.35. The maximum Gasteiger partial charge on any atom is 0.190 e. The molecule has 0 aliphatic carbocycles. The second-order valence-corrected chi connectivity index (χ2v) is 4.79. The van der Waals surface area contributed by atoms with Crippen molar-refractivity contribution in [3.8, 4) is 6.07 Å². The van der Waals surface area contributed by atoms with E-state index in [9.17, 15) is 4.79 Å². The Bertz CT molecular complexity index is 769. The number of hydrogen-bond donors (Lipinski definition) is 0. The number of carbonyl (C=O) groups excluding carboxylic acids is 1. The lowest BCUT2D eigenvalue weighted by atomic mass is 9.98. The van der Waals surface area contributed by atoms with Crippen molar-refractivity contribution in [1.29, 1.82) is 5.26 Å². The first-order valence-corrected chi connectivity index (χ1v) is 6.76. The molecule has 2 aromatic carbocycles. The number of ketones is 1. The van der Waals surface area contributed by atoms with E-state index in [2.05, 4.69) is 0 Å². The van der Waals surface area contributed by atoms with Crippen LogP contribution in [0.5, 0.6) is 0 Å². The standard InChI is InChI=1S/C18H13NO2/c19-12-14-6-2-3-7-15(14)17(20)11-18-16-8-4-1-5-13(16)9-10-21-18/h1-8,11H,9-10H2/b18-11-. The Morgan fingerprint density at radius 2 is 1.90 bits per heavy atom. The van der Waals surface area contributed by atoms with Gasteiger partial charge in [0.2, 0.25) is 0 Å². The molecule has 3 nitrogen and oxygen atoms in total. The molecule has 0 spiro atoms. The van der Waals surface area contributed by atoms with Gasteiger partial charge in [0.1, 0.15) is 5.76 Å². The van der Waals surface area contributed by atoms with E-state index >= 15 is 0 Å². The van der Waals surface area contributed by atoms with E-state index in [1.54, 1.807) is 24.3 Å². The number of rotatable bonds is 2. The van der Waals surface area contributed by atoms with Crippen LogP contribution in [0.25, 0.3) is 5.76 Å². The molecule has 3 heteroatoms. The Balaban J connectivity index is 2.00. The monoisotopic (exact) mass is 275 g/mol. The van der Waals surface area contributed by atoms with Gasteiger partial charge in [-0.2, -0.15) is 5.26 Å². The van der Waals surface area contributed by atoms with Crippen LogP contribution in [0.4, 0.5) is 0 Å². The molecular formula is C18H13NO2. The third-order valence-corrected chi connectivity index (χ3v) is 3.49. The van der Waals surface area contributed by atoms with Crippen LogP contribution < -0.4 is 0 Å². The van der Waals surface area contributed by atoms with Gasteiger partial charge in [0, 0.05) is 23.6 Å². The van der Waals surface area contributed by atoms with Crippen molar-refractivity contribution in [2.75, 3.05) is 6.61 Å². The summed E-state index contributed by atoms with van der Waals surface area (Å²) in [5.74, 6) is 0.369. The second-order valence-electron chi connectivity index (χ2n) is 4.79. The van der Waals surface area contributed by atoms with E-state index in [4.69, 9.17) is 10.00 Å². The third kappa shape index (κ3) is 2.56. The number of allylic oxidation sites excluding steroid dienone is 1. The summed E-state index contributed by atoms with van der Waals surface area (Å²) in [5, 5.41) is 9.08. The fourth-order valence-electron chi connectivity index (χ4n) is 2.44. The lowest BCUT2D eigenvalue weighted by molar-refractivity contribution is 0.104. The second kappa shape index (κ2) is 5.64. The summed E-state index contributed by atoms with van der Waals surface area (Å²) in [6.07, 6.45) is 2.32. The molecule has 0 fully saturated rings. The molecule has 0 unspecified atom stereocenters. The van der Waals surface area contributed by atoms with Crippen molar-refractivity contribution in [2.45, 2.75) is 6.42 Å². The van der Waals surface area contributed by atoms with Crippen LogP contribution in [0.2, 0.25) is 0 Å². The summed E-state index contributed by atoms with van der Waals surface area (Å²) >= 11 is 0. The van der Waals surface area contributed by atoms with Crippen molar-refractivity contribution in [3.05, 3.63) is 76.9 Å². The number of nitrogens with zero attached hydrogens (tertiary/aromatic N) is 1. The highest BCUT2D eigenvalue weighted by Crippen LogP contribution is 2.26. The van der Waals surface area contributed by atoms with Crippen molar-refractivity contribution in [3.63, 3.8) is 0 Å². The highest BCUT2D eigenvalue weighted by atomic mass is 16.5. The Morgan fingerprint density at radius 3 is 2.76 bits per heavy atom. The zero-order chi connectivity index (χ0) is 14.7. The van der Waals surface area contributed by atoms with Gasteiger partial charge < -0.3 is 4.74 Å². The van der Waals surface area contributed by atoms with Crippen molar-refractivity contribution < 1.29 is 9.53 Å². The quantitative estimate of drug-likeness (QED) is 0.623. The topological polar surface area (TPSA) is 50.1 Å². The first-order valence-electron chi connectivity index (χ1n) is 6.76. The minimum Gasteiger partial charge on any atom is -0.492 e. The molecule has 102 valence electrons. The average molecular weight is 275 g/mol. The molecule has 21 heavy (non-hydrogen) atoms. The Hall–Kier alpha value is -2.86. The molecule has 3 rings (SSSR count). The van der Waals surface area contributed by atoms with Crippen molar-refractivity contribution in [2.24, 2.45) is 0 Å². The molecule has 0 bridgehead atoms. The predicted molar refractivity (Wildman–Crippen MR) is 79.6 cm³/mol. The Labute approximate surface area is 123 Å². The Kier molecular flexibility index (Phi) is 3.53. The fourth-order valence-corrected chi connectivity index (χ4v) is 2.44. The van der Waals surface area contributed by atoms with Gasteiger partial charge in [0.25, 0.3) is 0 Å².